The van der Waals surface area contributed by atoms with Gasteiger partial charge in [-0.15, -0.1) is 0 Å². The van der Waals surface area contributed by atoms with Crippen molar-refractivity contribution in [1.29, 1.82) is 0 Å². The minimum absolute atomic E-state index is 0.438. The fourth-order valence-electron chi connectivity index (χ4n) is 3.67. The van der Waals surface area contributed by atoms with E-state index >= 15 is 0 Å². The molecule has 1 heteroatoms. The van der Waals surface area contributed by atoms with E-state index in [2.05, 4.69) is 36.4 Å². The predicted molar refractivity (Wildman–Crippen MR) is 74.2 cm³/mol. The van der Waals surface area contributed by atoms with Gasteiger partial charge >= 0.3 is 0 Å². The first kappa shape index (κ1) is 10.4. The highest BCUT2D eigenvalue weighted by Crippen LogP contribution is 2.47. The molecule has 0 N–H and O–H groups in total. The highest BCUT2D eigenvalue weighted by molar-refractivity contribution is 5.89. The lowest BCUT2D eigenvalue weighted by atomic mass is 9.88. The third kappa shape index (κ3) is 1.46. The largest absolute Gasteiger partial charge is 0.489 e. The Morgan fingerprint density at radius 1 is 0.889 bits per heavy atom. The smallest absolute Gasteiger partial charge is 0.124 e. The Labute approximate surface area is 108 Å². The second-order valence-electron chi connectivity index (χ2n) is 5.60. The Hall–Kier alpha value is -1.50. The average molecular weight is 238 g/mol. The molecule has 18 heavy (non-hydrogen) atoms. The maximum Gasteiger partial charge on any atom is 0.124 e. The number of benzene rings is 2. The molecule has 2 aromatic carbocycles. The van der Waals surface area contributed by atoms with E-state index in [1.165, 1.54) is 48.4 Å². The van der Waals surface area contributed by atoms with Crippen molar-refractivity contribution in [3.8, 4) is 5.75 Å². The summed E-state index contributed by atoms with van der Waals surface area (Å²) < 4.78 is 6.20. The molecule has 0 spiro atoms. The maximum atomic E-state index is 6.20. The molecule has 92 valence electrons. The molecule has 2 aromatic rings. The Kier molecular flexibility index (Phi) is 2.32. The van der Waals surface area contributed by atoms with Gasteiger partial charge in [0.05, 0.1) is 0 Å². The van der Waals surface area contributed by atoms with E-state index in [1.54, 1.807) is 0 Å². The molecular formula is C17H18O. The van der Waals surface area contributed by atoms with Crippen molar-refractivity contribution in [1.82, 2.24) is 0 Å². The van der Waals surface area contributed by atoms with Gasteiger partial charge in [-0.3, -0.25) is 0 Å². The van der Waals surface area contributed by atoms with Crippen LogP contribution in [-0.4, -0.2) is 6.10 Å². The standard InChI is InChI=1S/C17H18O/c1-2-8-14-15(9-3-1)18-16-11-10-12-6-4-5-7-13(12)17(14)16/h4-7,10-11,14-15H,1-3,8-9H2/t14-,15+/m0/s1. The fourth-order valence-corrected chi connectivity index (χ4v) is 3.67. The average Bonchev–Trinajstić information content (AvgIpc) is 2.61. The number of fused-ring (bicyclic) bond motifs is 5. The van der Waals surface area contributed by atoms with Crippen LogP contribution in [0.2, 0.25) is 0 Å². The summed E-state index contributed by atoms with van der Waals surface area (Å²) in [5.41, 5.74) is 1.49. The van der Waals surface area contributed by atoms with Crippen molar-refractivity contribution < 1.29 is 4.74 Å². The van der Waals surface area contributed by atoms with Gasteiger partial charge in [0.2, 0.25) is 0 Å². The highest BCUT2D eigenvalue weighted by Gasteiger charge is 2.35. The molecular weight excluding hydrogens is 220 g/mol. The van der Waals surface area contributed by atoms with E-state index in [0.717, 1.165) is 5.75 Å². The first-order valence-electron chi connectivity index (χ1n) is 7.12. The van der Waals surface area contributed by atoms with Gasteiger partial charge in [0, 0.05) is 11.5 Å². The normalized spacial score (nSPS) is 26.2. The van der Waals surface area contributed by atoms with Crippen LogP contribution < -0.4 is 4.74 Å². The zero-order valence-electron chi connectivity index (χ0n) is 10.6. The van der Waals surface area contributed by atoms with Gasteiger partial charge < -0.3 is 4.74 Å². The van der Waals surface area contributed by atoms with E-state index in [9.17, 15) is 0 Å². The highest BCUT2D eigenvalue weighted by atomic mass is 16.5. The van der Waals surface area contributed by atoms with Gasteiger partial charge in [-0.05, 0) is 36.1 Å². The second-order valence-corrected chi connectivity index (χ2v) is 5.60. The zero-order chi connectivity index (χ0) is 11.9. The number of ether oxygens (including phenoxy) is 1. The Balaban J connectivity index is 1.91. The van der Waals surface area contributed by atoms with Gasteiger partial charge in [0.25, 0.3) is 0 Å². The molecule has 1 aliphatic heterocycles. The van der Waals surface area contributed by atoms with Crippen LogP contribution in [0.4, 0.5) is 0 Å². The summed E-state index contributed by atoms with van der Waals surface area (Å²) >= 11 is 0. The van der Waals surface area contributed by atoms with Gasteiger partial charge in [0.1, 0.15) is 11.9 Å². The topological polar surface area (TPSA) is 9.23 Å². The first-order chi connectivity index (χ1) is 8.93. The van der Waals surface area contributed by atoms with Crippen molar-refractivity contribution in [3.05, 3.63) is 42.0 Å². The van der Waals surface area contributed by atoms with Gasteiger partial charge in [-0.2, -0.15) is 0 Å². The lowest BCUT2D eigenvalue weighted by Gasteiger charge is -2.15. The van der Waals surface area contributed by atoms with E-state index in [4.69, 9.17) is 4.74 Å². The summed E-state index contributed by atoms with van der Waals surface area (Å²) in [6.45, 7) is 0. The lowest BCUT2D eigenvalue weighted by molar-refractivity contribution is 0.196. The molecule has 1 nitrogen and oxygen atoms in total. The van der Waals surface area contributed by atoms with Gasteiger partial charge in [-0.1, -0.05) is 43.2 Å². The van der Waals surface area contributed by atoms with Crippen molar-refractivity contribution in [2.24, 2.45) is 0 Å². The number of hydrogen-bond acceptors (Lipinski definition) is 1. The van der Waals surface area contributed by atoms with E-state index in [0.29, 0.717) is 12.0 Å². The molecule has 1 aliphatic carbocycles. The minimum atomic E-state index is 0.438. The zero-order valence-corrected chi connectivity index (χ0v) is 10.6. The molecule has 1 heterocycles. The summed E-state index contributed by atoms with van der Waals surface area (Å²) in [6.07, 6.45) is 7.02. The van der Waals surface area contributed by atoms with Crippen LogP contribution in [-0.2, 0) is 0 Å². The predicted octanol–water partition coefficient (Wildman–Crippen LogP) is 4.65. The molecule has 2 aliphatic rings. The summed E-state index contributed by atoms with van der Waals surface area (Å²) in [5.74, 6) is 1.78. The monoisotopic (exact) mass is 238 g/mol. The molecule has 4 rings (SSSR count). The van der Waals surface area contributed by atoms with Crippen molar-refractivity contribution in [2.75, 3.05) is 0 Å². The van der Waals surface area contributed by atoms with Gasteiger partial charge in [-0.25, -0.2) is 0 Å². The summed E-state index contributed by atoms with van der Waals surface area (Å²) in [4.78, 5) is 0. The molecule has 2 atom stereocenters. The second kappa shape index (κ2) is 4.01. The molecule has 0 unspecified atom stereocenters. The van der Waals surface area contributed by atoms with Crippen molar-refractivity contribution >= 4 is 10.8 Å². The third-order valence-corrected chi connectivity index (χ3v) is 4.53. The molecule has 0 aromatic heterocycles. The van der Waals surface area contributed by atoms with Crippen LogP contribution in [0.25, 0.3) is 10.8 Å². The molecule has 0 saturated heterocycles. The van der Waals surface area contributed by atoms with Crippen LogP contribution in [0.15, 0.2) is 36.4 Å². The Morgan fingerprint density at radius 2 is 1.78 bits per heavy atom. The van der Waals surface area contributed by atoms with E-state index < -0.39 is 0 Å². The molecule has 1 saturated carbocycles. The maximum absolute atomic E-state index is 6.20. The van der Waals surface area contributed by atoms with Crippen LogP contribution in [0.1, 0.15) is 43.6 Å². The number of rotatable bonds is 0. The van der Waals surface area contributed by atoms with E-state index in [1.807, 2.05) is 0 Å². The van der Waals surface area contributed by atoms with Crippen LogP contribution in [0.3, 0.4) is 0 Å². The van der Waals surface area contributed by atoms with Crippen molar-refractivity contribution in [3.63, 3.8) is 0 Å². The van der Waals surface area contributed by atoms with Crippen LogP contribution >= 0.6 is 0 Å². The van der Waals surface area contributed by atoms with Crippen LogP contribution in [0, 0.1) is 0 Å². The van der Waals surface area contributed by atoms with E-state index in [-0.39, 0.29) is 0 Å². The SMILES string of the molecule is c1ccc2c3c(ccc2c1)O[C@@H]1CCCCC[C@H]31. The molecule has 1 fully saturated rings. The Morgan fingerprint density at radius 3 is 2.78 bits per heavy atom. The quantitative estimate of drug-likeness (QED) is 0.649. The first-order valence-corrected chi connectivity index (χ1v) is 7.12. The summed E-state index contributed by atoms with van der Waals surface area (Å²) in [6, 6.07) is 13.1. The summed E-state index contributed by atoms with van der Waals surface area (Å²) in [5, 5.41) is 2.76. The number of hydrogen-bond donors (Lipinski definition) is 0. The molecule has 0 amide bonds. The third-order valence-electron chi connectivity index (χ3n) is 4.53. The minimum Gasteiger partial charge on any atom is -0.489 e. The molecule has 0 bridgehead atoms. The summed E-state index contributed by atoms with van der Waals surface area (Å²) in [7, 11) is 0. The molecule has 0 radical (unpaired) electrons. The van der Waals surface area contributed by atoms with Crippen LogP contribution in [0.5, 0.6) is 5.75 Å². The van der Waals surface area contributed by atoms with Crippen molar-refractivity contribution in [2.45, 2.75) is 44.1 Å². The Bertz CT molecular complexity index is 587. The lowest BCUT2D eigenvalue weighted by Crippen LogP contribution is -2.16. The van der Waals surface area contributed by atoms with Gasteiger partial charge in [0.15, 0.2) is 0 Å². The fraction of sp³-hybridized carbons (Fsp3) is 0.412.